The van der Waals surface area contributed by atoms with E-state index in [4.69, 9.17) is 27.9 Å². The molecule has 156 valence electrons. The Kier molecular flexibility index (Phi) is 6.87. The standard InChI is InChI=1S/C21H18Cl2N2O4S/c1-14-4-2-3-5-20(14)24-21(26)13-29-18-6-8-19(9-7-18)30(27,28)25-17-11-15(22)10-16(23)12-17/h2-12,25H,13H2,1H3,(H,24,26). The summed E-state index contributed by atoms with van der Waals surface area (Å²) in [5.74, 6) is 0.0418. The van der Waals surface area contributed by atoms with Crippen molar-refractivity contribution in [2.45, 2.75) is 11.8 Å². The lowest BCUT2D eigenvalue weighted by Crippen LogP contribution is -2.20. The summed E-state index contributed by atoms with van der Waals surface area (Å²) >= 11 is 11.8. The predicted molar refractivity (Wildman–Crippen MR) is 119 cm³/mol. The number of hydrogen-bond acceptors (Lipinski definition) is 4. The van der Waals surface area contributed by atoms with Gasteiger partial charge in [-0.3, -0.25) is 9.52 Å². The van der Waals surface area contributed by atoms with Crippen LogP contribution >= 0.6 is 23.2 Å². The second-order valence-electron chi connectivity index (χ2n) is 6.39. The lowest BCUT2D eigenvalue weighted by atomic mass is 10.2. The van der Waals surface area contributed by atoms with E-state index in [0.29, 0.717) is 21.5 Å². The summed E-state index contributed by atoms with van der Waals surface area (Å²) in [5, 5.41) is 3.39. The highest BCUT2D eigenvalue weighted by molar-refractivity contribution is 7.92. The summed E-state index contributed by atoms with van der Waals surface area (Å²) in [6.45, 7) is 1.68. The van der Waals surface area contributed by atoms with Crippen molar-refractivity contribution < 1.29 is 17.9 Å². The average molecular weight is 465 g/mol. The molecule has 0 heterocycles. The van der Waals surface area contributed by atoms with Gasteiger partial charge >= 0.3 is 0 Å². The topological polar surface area (TPSA) is 84.5 Å². The lowest BCUT2D eigenvalue weighted by Gasteiger charge is -2.11. The van der Waals surface area contributed by atoms with Crippen LogP contribution in [0.15, 0.2) is 71.6 Å². The second-order valence-corrected chi connectivity index (χ2v) is 8.94. The molecular formula is C21H18Cl2N2O4S. The predicted octanol–water partition coefficient (Wildman–Crippen LogP) is 5.12. The van der Waals surface area contributed by atoms with Crippen LogP contribution in [0.2, 0.25) is 10.0 Å². The zero-order valence-electron chi connectivity index (χ0n) is 15.9. The summed E-state index contributed by atoms with van der Waals surface area (Å²) in [7, 11) is -3.84. The van der Waals surface area contributed by atoms with Crippen LogP contribution in [0, 0.1) is 6.92 Å². The van der Waals surface area contributed by atoms with E-state index in [1.54, 1.807) is 6.07 Å². The third-order valence-electron chi connectivity index (χ3n) is 4.04. The number of amides is 1. The Morgan fingerprint density at radius 2 is 1.60 bits per heavy atom. The largest absolute Gasteiger partial charge is 0.484 e. The van der Waals surface area contributed by atoms with Crippen molar-refractivity contribution in [3.8, 4) is 5.75 Å². The van der Waals surface area contributed by atoms with Crippen molar-refractivity contribution >= 4 is 50.5 Å². The van der Waals surface area contributed by atoms with Gasteiger partial charge in [0, 0.05) is 15.7 Å². The number of ether oxygens (including phenoxy) is 1. The van der Waals surface area contributed by atoms with Crippen LogP contribution in [0.1, 0.15) is 5.56 Å². The molecule has 3 aromatic carbocycles. The summed E-state index contributed by atoms with van der Waals surface area (Å²) in [6, 6.07) is 17.5. The minimum Gasteiger partial charge on any atom is -0.484 e. The van der Waals surface area contributed by atoms with Gasteiger partial charge in [-0.2, -0.15) is 0 Å². The number of anilines is 2. The molecule has 0 fully saturated rings. The number of carbonyl (C=O) groups excluding carboxylic acids is 1. The van der Waals surface area contributed by atoms with Crippen LogP contribution in [-0.4, -0.2) is 20.9 Å². The van der Waals surface area contributed by atoms with E-state index < -0.39 is 10.0 Å². The Morgan fingerprint density at radius 3 is 2.23 bits per heavy atom. The first kappa shape index (κ1) is 22.0. The molecule has 0 bridgehead atoms. The maximum atomic E-state index is 12.5. The van der Waals surface area contributed by atoms with Gasteiger partial charge in [0.15, 0.2) is 6.61 Å². The first-order chi connectivity index (χ1) is 14.2. The summed E-state index contributed by atoms with van der Waals surface area (Å²) in [6.07, 6.45) is 0. The highest BCUT2D eigenvalue weighted by atomic mass is 35.5. The van der Waals surface area contributed by atoms with E-state index in [1.165, 1.54) is 42.5 Å². The van der Waals surface area contributed by atoms with E-state index in [0.717, 1.165) is 5.56 Å². The molecule has 3 aromatic rings. The number of hydrogen-bond donors (Lipinski definition) is 2. The quantitative estimate of drug-likeness (QED) is 0.507. The maximum absolute atomic E-state index is 12.5. The van der Waals surface area contributed by atoms with Crippen LogP contribution in [0.5, 0.6) is 5.75 Å². The van der Waals surface area contributed by atoms with Gasteiger partial charge in [0.05, 0.1) is 10.6 Å². The van der Waals surface area contributed by atoms with Crippen molar-refractivity contribution in [1.29, 1.82) is 0 Å². The molecule has 0 spiro atoms. The first-order valence-corrected chi connectivity index (χ1v) is 11.0. The molecular weight excluding hydrogens is 447 g/mol. The first-order valence-electron chi connectivity index (χ1n) is 8.80. The Bertz CT molecular complexity index is 1150. The average Bonchev–Trinajstić information content (AvgIpc) is 2.67. The number of carbonyl (C=O) groups is 1. The molecule has 30 heavy (non-hydrogen) atoms. The molecule has 0 aliphatic rings. The smallest absolute Gasteiger partial charge is 0.262 e. The molecule has 0 aliphatic carbocycles. The van der Waals surface area contributed by atoms with Gasteiger partial charge in [-0.15, -0.1) is 0 Å². The van der Waals surface area contributed by atoms with Crippen molar-refractivity contribution in [3.63, 3.8) is 0 Å². The fourth-order valence-electron chi connectivity index (χ4n) is 2.59. The van der Waals surface area contributed by atoms with E-state index in [-0.39, 0.29) is 23.1 Å². The van der Waals surface area contributed by atoms with E-state index in [9.17, 15) is 13.2 Å². The van der Waals surface area contributed by atoms with Gasteiger partial charge in [0.2, 0.25) is 0 Å². The van der Waals surface area contributed by atoms with E-state index in [1.807, 2.05) is 25.1 Å². The third-order valence-corrected chi connectivity index (χ3v) is 5.87. The minimum absolute atomic E-state index is 0.0234. The van der Waals surface area contributed by atoms with Gasteiger partial charge in [-0.1, -0.05) is 41.4 Å². The molecule has 0 unspecified atom stereocenters. The van der Waals surface area contributed by atoms with Crippen molar-refractivity contribution in [2.24, 2.45) is 0 Å². The molecule has 0 aliphatic heterocycles. The Hall–Kier alpha value is -2.74. The number of aryl methyl sites for hydroxylation is 1. The molecule has 0 radical (unpaired) electrons. The minimum atomic E-state index is -3.84. The number of halogens is 2. The number of sulfonamides is 1. The number of nitrogens with one attached hydrogen (secondary N) is 2. The molecule has 3 rings (SSSR count). The third kappa shape index (κ3) is 5.89. The van der Waals surface area contributed by atoms with Gasteiger partial charge < -0.3 is 10.1 Å². The zero-order valence-corrected chi connectivity index (χ0v) is 18.2. The molecule has 0 saturated heterocycles. The van der Waals surface area contributed by atoms with Gasteiger partial charge in [-0.25, -0.2) is 8.42 Å². The van der Waals surface area contributed by atoms with Crippen LogP contribution in [0.3, 0.4) is 0 Å². The highest BCUT2D eigenvalue weighted by Gasteiger charge is 2.15. The van der Waals surface area contributed by atoms with Gasteiger partial charge in [0.25, 0.3) is 15.9 Å². The monoisotopic (exact) mass is 464 g/mol. The number of para-hydroxylation sites is 1. The molecule has 0 atom stereocenters. The molecule has 6 nitrogen and oxygen atoms in total. The summed E-state index contributed by atoms with van der Waals surface area (Å²) < 4.78 is 32.9. The Balaban J connectivity index is 1.61. The van der Waals surface area contributed by atoms with Crippen LogP contribution in [0.25, 0.3) is 0 Å². The second kappa shape index (κ2) is 9.38. The normalized spacial score (nSPS) is 11.0. The van der Waals surface area contributed by atoms with Gasteiger partial charge in [-0.05, 0) is 61.0 Å². The number of rotatable bonds is 7. The van der Waals surface area contributed by atoms with E-state index >= 15 is 0 Å². The van der Waals surface area contributed by atoms with Crippen LogP contribution in [0.4, 0.5) is 11.4 Å². The molecule has 1 amide bonds. The molecule has 0 aromatic heterocycles. The Morgan fingerprint density at radius 1 is 0.967 bits per heavy atom. The maximum Gasteiger partial charge on any atom is 0.262 e. The molecule has 0 saturated carbocycles. The lowest BCUT2D eigenvalue weighted by molar-refractivity contribution is -0.118. The fourth-order valence-corrected chi connectivity index (χ4v) is 4.16. The summed E-state index contributed by atoms with van der Waals surface area (Å²) in [5.41, 5.74) is 1.90. The van der Waals surface area contributed by atoms with Crippen LogP contribution < -0.4 is 14.8 Å². The van der Waals surface area contributed by atoms with Crippen molar-refractivity contribution in [2.75, 3.05) is 16.6 Å². The molecule has 2 N–H and O–H groups in total. The Labute approximate surface area is 184 Å². The highest BCUT2D eigenvalue weighted by Crippen LogP contribution is 2.25. The van der Waals surface area contributed by atoms with E-state index in [2.05, 4.69) is 10.0 Å². The van der Waals surface area contributed by atoms with Crippen molar-refractivity contribution in [3.05, 3.63) is 82.3 Å². The van der Waals surface area contributed by atoms with Crippen LogP contribution in [-0.2, 0) is 14.8 Å². The summed E-state index contributed by atoms with van der Waals surface area (Å²) in [4.78, 5) is 12.1. The SMILES string of the molecule is Cc1ccccc1NC(=O)COc1ccc(S(=O)(=O)Nc2cc(Cl)cc(Cl)c2)cc1. The zero-order chi connectivity index (χ0) is 21.7. The van der Waals surface area contributed by atoms with Gasteiger partial charge in [0.1, 0.15) is 5.75 Å². The fraction of sp³-hybridized carbons (Fsp3) is 0.0952. The molecule has 9 heteroatoms. The number of benzene rings is 3. The van der Waals surface area contributed by atoms with Crippen molar-refractivity contribution in [1.82, 2.24) is 0 Å².